The van der Waals surface area contributed by atoms with Crippen molar-refractivity contribution in [2.24, 2.45) is 5.92 Å². The van der Waals surface area contributed by atoms with Crippen LogP contribution in [0.4, 0.5) is 0 Å². The van der Waals surface area contributed by atoms with Crippen molar-refractivity contribution in [2.75, 3.05) is 6.61 Å². The molecule has 0 aliphatic carbocycles. The summed E-state index contributed by atoms with van der Waals surface area (Å²) >= 11 is 9.76. The maximum atomic E-state index is 6.15. The zero-order valence-electron chi connectivity index (χ0n) is 10.3. The lowest BCUT2D eigenvalue weighted by Crippen LogP contribution is -2.06. The van der Waals surface area contributed by atoms with E-state index in [0.717, 1.165) is 30.2 Å². The van der Waals surface area contributed by atoms with E-state index in [1.54, 1.807) is 0 Å². The fourth-order valence-corrected chi connectivity index (χ4v) is 3.41. The number of fused-ring (bicyclic) bond motifs is 1. The van der Waals surface area contributed by atoms with Crippen molar-refractivity contribution in [1.82, 2.24) is 0 Å². The molecule has 0 spiro atoms. The number of halogens is 2. The minimum Gasteiger partial charge on any atom is -0.493 e. The molecule has 1 heterocycles. The van der Waals surface area contributed by atoms with Gasteiger partial charge in [-0.3, -0.25) is 0 Å². The molecule has 0 aromatic heterocycles. The molecule has 0 bridgehead atoms. The fourth-order valence-electron chi connectivity index (χ4n) is 2.51. The highest BCUT2D eigenvalue weighted by atomic mass is 79.9. The summed E-state index contributed by atoms with van der Waals surface area (Å²) in [6.07, 6.45) is 3.20. The number of benzene rings is 1. The standard InChI is InChI=1S/C14H18BrClO/c1-9(5-10(2)15)6-12-8-13(16)7-11-3-4-17-14(11)12/h7-10H,3-6H2,1-2H3. The SMILES string of the molecule is CC(Br)CC(C)Cc1cc(Cl)cc2c1OCC2. The first-order valence-electron chi connectivity index (χ1n) is 6.14. The van der Waals surface area contributed by atoms with Gasteiger partial charge in [0.15, 0.2) is 0 Å². The van der Waals surface area contributed by atoms with Crippen LogP contribution in [-0.2, 0) is 12.8 Å². The Kier molecular flexibility index (Phi) is 4.37. The van der Waals surface area contributed by atoms with Crippen LogP contribution in [0.15, 0.2) is 12.1 Å². The highest BCUT2D eigenvalue weighted by molar-refractivity contribution is 9.09. The Balaban J connectivity index is 2.15. The van der Waals surface area contributed by atoms with Crippen molar-refractivity contribution in [3.8, 4) is 5.75 Å². The quantitative estimate of drug-likeness (QED) is 0.736. The molecule has 0 N–H and O–H groups in total. The van der Waals surface area contributed by atoms with E-state index < -0.39 is 0 Å². The van der Waals surface area contributed by atoms with E-state index in [2.05, 4.69) is 35.8 Å². The van der Waals surface area contributed by atoms with Gasteiger partial charge in [-0.15, -0.1) is 0 Å². The molecule has 94 valence electrons. The summed E-state index contributed by atoms with van der Waals surface area (Å²) < 4.78 is 5.72. The summed E-state index contributed by atoms with van der Waals surface area (Å²) in [7, 11) is 0. The molecule has 0 fully saturated rings. The molecule has 1 aromatic carbocycles. The van der Waals surface area contributed by atoms with E-state index in [-0.39, 0.29) is 0 Å². The third-order valence-electron chi connectivity index (χ3n) is 3.12. The number of hydrogen-bond donors (Lipinski definition) is 0. The van der Waals surface area contributed by atoms with Gasteiger partial charge < -0.3 is 4.74 Å². The monoisotopic (exact) mass is 316 g/mol. The maximum Gasteiger partial charge on any atom is 0.125 e. The lowest BCUT2D eigenvalue weighted by Gasteiger charge is -2.15. The molecule has 0 saturated heterocycles. The maximum absolute atomic E-state index is 6.15. The summed E-state index contributed by atoms with van der Waals surface area (Å²) in [4.78, 5) is 0.561. The molecular formula is C14H18BrClO. The molecule has 0 amide bonds. The van der Waals surface area contributed by atoms with Crippen LogP contribution in [0, 0.1) is 5.92 Å². The summed E-state index contributed by atoms with van der Waals surface area (Å²) in [6.45, 7) is 5.27. The van der Waals surface area contributed by atoms with Gasteiger partial charge in [-0.1, -0.05) is 41.4 Å². The first kappa shape index (κ1) is 13.2. The van der Waals surface area contributed by atoms with E-state index in [1.807, 2.05) is 6.07 Å². The molecule has 17 heavy (non-hydrogen) atoms. The first-order chi connectivity index (χ1) is 8.06. The minimum atomic E-state index is 0.561. The molecular weight excluding hydrogens is 300 g/mol. The Hall–Kier alpha value is -0.210. The van der Waals surface area contributed by atoms with E-state index in [1.165, 1.54) is 17.5 Å². The topological polar surface area (TPSA) is 9.23 Å². The Morgan fingerprint density at radius 3 is 2.88 bits per heavy atom. The average molecular weight is 318 g/mol. The van der Waals surface area contributed by atoms with Crippen molar-refractivity contribution in [1.29, 1.82) is 0 Å². The molecule has 3 heteroatoms. The molecule has 1 aliphatic rings. The molecule has 1 nitrogen and oxygen atoms in total. The van der Waals surface area contributed by atoms with E-state index in [9.17, 15) is 0 Å². The van der Waals surface area contributed by atoms with Crippen LogP contribution in [0.2, 0.25) is 5.02 Å². The van der Waals surface area contributed by atoms with Crippen LogP contribution in [-0.4, -0.2) is 11.4 Å². The molecule has 2 atom stereocenters. The van der Waals surface area contributed by atoms with Gasteiger partial charge in [0.05, 0.1) is 6.61 Å². The van der Waals surface area contributed by atoms with Gasteiger partial charge in [0, 0.05) is 16.3 Å². The molecule has 0 radical (unpaired) electrons. The minimum absolute atomic E-state index is 0.561. The third kappa shape index (κ3) is 3.38. The summed E-state index contributed by atoms with van der Waals surface area (Å²) in [6, 6.07) is 4.09. The molecule has 1 aromatic rings. The van der Waals surface area contributed by atoms with Crippen LogP contribution in [0.3, 0.4) is 0 Å². The van der Waals surface area contributed by atoms with E-state index >= 15 is 0 Å². The van der Waals surface area contributed by atoms with Gasteiger partial charge in [-0.05, 0) is 42.0 Å². The number of rotatable bonds is 4. The second-order valence-electron chi connectivity index (χ2n) is 4.98. The largest absolute Gasteiger partial charge is 0.493 e. The smallest absolute Gasteiger partial charge is 0.125 e. The Morgan fingerprint density at radius 2 is 2.18 bits per heavy atom. The summed E-state index contributed by atoms with van der Waals surface area (Å²) in [5.41, 5.74) is 2.54. The number of hydrogen-bond acceptors (Lipinski definition) is 1. The number of ether oxygens (including phenoxy) is 1. The highest BCUT2D eigenvalue weighted by Gasteiger charge is 2.19. The van der Waals surface area contributed by atoms with Gasteiger partial charge in [0.25, 0.3) is 0 Å². The predicted molar refractivity (Wildman–Crippen MR) is 76.5 cm³/mol. The molecule has 2 rings (SSSR count). The molecule has 1 aliphatic heterocycles. The van der Waals surface area contributed by atoms with E-state index in [4.69, 9.17) is 16.3 Å². The summed E-state index contributed by atoms with van der Waals surface area (Å²) in [5, 5.41) is 0.836. The van der Waals surface area contributed by atoms with Crippen LogP contribution in [0.1, 0.15) is 31.4 Å². The summed E-state index contributed by atoms with van der Waals surface area (Å²) in [5.74, 6) is 1.72. The predicted octanol–water partition coefficient (Wildman–Crippen LogP) is 4.63. The Bertz CT molecular complexity index is 403. The van der Waals surface area contributed by atoms with Gasteiger partial charge in [0.2, 0.25) is 0 Å². The van der Waals surface area contributed by atoms with Gasteiger partial charge in [-0.25, -0.2) is 0 Å². The molecule has 0 saturated carbocycles. The van der Waals surface area contributed by atoms with Gasteiger partial charge in [0.1, 0.15) is 5.75 Å². The lowest BCUT2D eigenvalue weighted by atomic mass is 9.95. The van der Waals surface area contributed by atoms with Crippen molar-refractivity contribution < 1.29 is 4.74 Å². The third-order valence-corrected chi connectivity index (χ3v) is 3.71. The van der Waals surface area contributed by atoms with E-state index in [0.29, 0.717) is 10.7 Å². The second kappa shape index (κ2) is 5.62. The van der Waals surface area contributed by atoms with Crippen molar-refractivity contribution >= 4 is 27.5 Å². The average Bonchev–Trinajstić information content (AvgIpc) is 2.63. The molecule has 2 unspecified atom stereocenters. The first-order valence-corrected chi connectivity index (χ1v) is 7.43. The van der Waals surface area contributed by atoms with Gasteiger partial charge in [-0.2, -0.15) is 0 Å². The highest BCUT2D eigenvalue weighted by Crippen LogP contribution is 2.34. The lowest BCUT2D eigenvalue weighted by molar-refractivity contribution is 0.351. The Labute approximate surface area is 117 Å². The van der Waals surface area contributed by atoms with Crippen LogP contribution in [0.5, 0.6) is 5.75 Å². The zero-order valence-corrected chi connectivity index (χ0v) is 12.6. The zero-order chi connectivity index (χ0) is 12.4. The van der Waals surface area contributed by atoms with Crippen LogP contribution < -0.4 is 4.74 Å². The normalized spacial score (nSPS) is 17.4. The Morgan fingerprint density at radius 1 is 1.41 bits per heavy atom. The number of alkyl halides is 1. The van der Waals surface area contributed by atoms with Gasteiger partial charge >= 0.3 is 0 Å². The fraction of sp³-hybridized carbons (Fsp3) is 0.571. The second-order valence-corrected chi connectivity index (χ2v) is 6.98. The van der Waals surface area contributed by atoms with Crippen molar-refractivity contribution in [3.05, 3.63) is 28.3 Å². The van der Waals surface area contributed by atoms with Crippen molar-refractivity contribution in [2.45, 2.75) is 37.9 Å². The van der Waals surface area contributed by atoms with Crippen LogP contribution >= 0.6 is 27.5 Å². The van der Waals surface area contributed by atoms with Crippen LogP contribution in [0.25, 0.3) is 0 Å². The van der Waals surface area contributed by atoms with Crippen molar-refractivity contribution in [3.63, 3.8) is 0 Å².